The van der Waals surface area contributed by atoms with Gasteiger partial charge in [0.15, 0.2) is 0 Å². The van der Waals surface area contributed by atoms with E-state index in [2.05, 4.69) is 4.72 Å². The topological polar surface area (TPSA) is 88.4 Å². The lowest BCUT2D eigenvalue weighted by Gasteiger charge is -2.16. The number of carbonyl (C=O) groups is 1. The summed E-state index contributed by atoms with van der Waals surface area (Å²) in [7, 11) is -3.34. The van der Waals surface area contributed by atoms with Gasteiger partial charge in [-0.1, -0.05) is 46.9 Å². The molecule has 1 heterocycles. The Kier molecular flexibility index (Phi) is 7.34. The quantitative estimate of drug-likeness (QED) is 0.411. The fourth-order valence-corrected chi connectivity index (χ4v) is 4.40. The molecule has 10 heteroatoms. The van der Waals surface area contributed by atoms with Gasteiger partial charge in [-0.2, -0.15) is 0 Å². The number of hydrogen-bond donors (Lipinski definition) is 2. The normalized spacial score (nSPS) is 11.6. The van der Waals surface area contributed by atoms with Crippen molar-refractivity contribution in [1.29, 1.82) is 0 Å². The lowest BCUT2D eigenvalue weighted by molar-refractivity contribution is 0.0695. The molecule has 0 aliphatic heterocycles. The third-order valence-corrected chi connectivity index (χ3v) is 6.10. The summed E-state index contributed by atoms with van der Waals surface area (Å²) in [6.45, 7) is 0.174. The summed E-state index contributed by atoms with van der Waals surface area (Å²) < 4.78 is 26.9. The van der Waals surface area contributed by atoms with Crippen LogP contribution in [0.5, 0.6) is 0 Å². The zero-order chi connectivity index (χ0) is 22.8. The largest absolute Gasteiger partial charge is 0.478 e. The van der Waals surface area contributed by atoms with Crippen LogP contribution in [-0.4, -0.2) is 36.9 Å². The van der Waals surface area contributed by atoms with Crippen LogP contribution in [0.25, 0.3) is 16.9 Å². The molecule has 3 aromatic rings. The third kappa shape index (κ3) is 5.81. The molecule has 0 saturated carbocycles. The molecule has 0 fully saturated rings. The molecule has 0 saturated heterocycles. The molecule has 0 unspecified atom stereocenters. The molecule has 0 aliphatic carbocycles. The van der Waals surface area contributed by atoms with E-state index in [4.69, 9.17) is 34.8 Å². The summed E-state index contributed by atoms with van der Waals surface area (Å²) in [6, 6.07) is 13.6. The van der Waals surface area contributed by atoms with Crippen molar-refractivity contribution in [2.24, 2.45) is 0 Å². The molecule has 0 atom stereocenters. The molecule has 31 heavy (non-hydrogen) atoms. The second kappa shape index (κ2) is 9.63. The van der Waals surface area contributed by atoms with Crippen LogP contribution >= 0.6 is 34.8 Å². The van der Waals surface area contributed by atoms with E-state index in [1.165, 1.54) is 0 Å². The van der Waals surface area contributed by atoms with E-state index in [1.54, 1.807) is 53.1 Å². The minimum atomic E-state index is -3.34. The van der Waals surface area contributed by atoms with E-state index >= 15 is 0 Å². The van der Waals surface area contributed by atoms with Crippen LogP contribution in [0.15, 0.2) is 48.5 Å². The van der Waals surface area contributed by atoms with Crippen molar-refractivity contribution in [3.8, 4) is 16.9 Å². The van der Waals surface area contributed by atoms with Crippen molar-refractivity contribution in [1.82, 2.24) is 9.29 Å². The lowest BCUT2D eigenvalue weighted by atomic mass is 10.1. The number of aromatic carboxylic acids is 1. The van der Waals surface area contributed by atoms with Crippen LogP contribution in [0.2, 0.25) is 15.1 Å². The van der Waals surface area contributed by atoms with Gasteiger partial charge in [0, 0.05) is 22.3 Å². The van der Waals surface area contributed by atoms with Gasteiger partial charge in [-0.3, -0.25) is 0 Å². The lowest BCUT2D eigenvalue weighted by Crippen LogP contribution is -2.23. The second-order valence-corrected chi connectivity index (χ2v) is 10.0. The van der Waals surface area contributed by atoms with E-state index in [0.717, 1.165) is 11.8 Å². The summed E-state index contributed by atoms with van der Waals surface area (Å²) in [5.74, 6) is -1.09. The van der Waals surface area contributed by atoms with Crippen LogP contribution in [0, 0.1) is 0 Å². The summed E-state index contributed by atoms with van der Waals surface area (Å²) in [4.78, 5) is 12.0. The van der Waals surface area contributed by atoms with Crippen molar-refractivity contribution in [2.75, 3.05) is 12.8 Å². The number of benzene rings is 2. The Bertz CT molecular complexity index is 1220. The van der Waals surface area contributed by atoms with Crippen LogP contribution in [-0.2, 0) is 16.4 Å². The highest BCUT2D eigenvalue weighted by Gasteiger charge is 2.23. The maximum atomic E-state index is 12.0. The molecule has 2 N–H and O–H groups in total. The molecule has 0 aliphatic rings. The number of sulfonamides is 1. The number of nitrogens with zero attached hydrogens (tertiary/aromatic N) is 1. The van der Waals surface area contributed by atoms with Crippen LogP contribution in [0.3, 0.4) is 0 Å². The number of hydrogen-bond acceptors (Lipinski definition) is 3. The average molecular weight is 502 g/mol. The van der Waals surface area contributed by atoms with Gasteiger partial charge in [0.05, 0.1) is 28.2 Å². The predicted molar refractivity (Wildman–Crippen MR) is 124 cm³/mol. The standard InChI is InChI=1S/C21H19Cl3N2O4S/c1-31(29,30)25-10-2-3-18-16(21(27)28)12-20(13-4-6-14(22)7-5-13)26(18)19-9-8-15(23)11-17(19)24/h4-9,11-12,25H,2-3,10H2,1H3,(H,27,28). The summed E-state index contributed by atoms with van der Waals surface area (Å²) in [5, 5.41) is 11.2. The molecule has 2 aromatic carbocycles. The number of halogens is 3. The fraction of sp³-hybridized carbons (Fsp3) is 0.190. The monoisotopic (exact) mass is 500 g/mol. The molecule has 1 aromatic heterocycles. The first-order valence-electron chi connectivity index (χ1n) is 9.21. The Morgan fingerprint density at radius 1 is 1.03 bits per heavy atom. The van der Waals surface area contributed by atoms with Gasteiger partial charge in [-0.05, 0) is 54.8 Å². The van der Waals surface area contributed by atoms with Gasteiger partial charge < -0.3 is 9.67 Å². The molecule has 6 nitrogen and oxygen atoms in total. The molecule has 0 spiro atoms. The fourth-order valence-electron chi connectivity index (χ4n) is 3.27. The van der Waals surface area contributed by atoms with Crippen LogP contribution in [0.1, 0.15) is 22.5 Å². The van der Waals surface area contributed by atoms with Crippen molar-refractivity contribution in [3.05, 3.63) is 74.9 Å². The smallest absolute Gasteiger partial charge is 0.337 e. The Hall–Kier alpha value is -2.03. The Balaban J connectivity index is 2.16. The molecule has 0 radical (unpaired) electrons. The van der Waals surface area contributed by atoms with E-state index in [-0.39, 0.29) is 12.1 Å². The average Bonchev–Trinajstić information content (AvgIpc) is 3.04. The number of carboxylic acids is 1. The maximum Gasteiger partial charge on any atom is 0.337 e. The Morgan fingerprint density at radius 3 is 2.26 bits per heavy atom. The molecular formula is C21H19Cl3N2O4S. The minimum Gasteiger partial charge on any atom is -0.478 e. The van der Waals surface area contributed by atoms with Gasteiger partial charge in [0.25, 0.3) is 0 Å². The molecule has 164 valence electrons. The van der Waals surface area contributed by atoms with Gasteiger partial charge in [-0.15, -0.1) is 0 Å². The van der Waals surface area contributed by atoms with Crippen LogP contribution < -0.4 is 4.72 Å². The first-order chi connectivity index (χ1) is 14.6. The van der Waals surface area contributed by atoms with Gasteiger partial charge in [-0.25, -0.2) is 17.9 Å². The van der Waals surface area contributed by atoms with E-state index in [1.807, 2.05) is 0 Å². The van der Waals surface area contributed by atoms with E-state index in [9.17, 15) is 18.3 Å². The van der Waals surface area contributed by atoms with Gasteiger partial charge in [0.1, 0.15) is 0 Å². The van der Waals surface area contributed by atoms with E-state index < -0.39 is 16.0 Å². The van der Waals surface area contributed by atoms with Gasteiger partial charge >= 0.3 is 5.97 Å². The number of nitrogens with one attached hydrogen (secondary N) is 1. The zero-order valence-electron chi connectivity index (χ0n) is 16.4. The zero-order valence-corrected chi connectivity index (χ0v) is 19.5. The Morgan fingerprint density at radius 2 is 1.68 bits per heavy atom. The highest BCUT2D eigenvalue weighted by molar-refractivity contribution is 7.88. The predicted octanol–water partition coefficient (Wildman–Crippen LogP) is 5.28. The second-order valence-electron chi connectivity index (χ2n) is 6.90. The van der Waals surface area contributed by atoms with E-state index in [0.29, 0.717) is 45.0 Å². The number of carboxylic acid groups (broad SMARTS) is 1. The molecular weight excluding hydrogens is 483 g/mol. The molecule has 0 amide bonds. The van der Waals surface area contributed by atoms with Crippen LogP contribution in [0.4, 0.5) is 0 Å². The number of rotatable bonds is 8. The van der Waals surface area contributed by atoms with Gasteiger partial charge in [0.2, 0.25) is 10.0 Å². The Labute approximate surface area is 195 Å². The molecule has 0 bridgehead atoms. The highest BCUT2D eigenvalue weighted by atomic mass is 35.5. The van der Waals surface area contributed by atoms with Crippen molar-refractivity contribution in [2.45, 2.75) is 12.8 Å². The maximum absolute atomic E-state index is 12.0. The van der Waals surface area contributed by atoms with Crippen molar-refractivity contribution >= 4 is 50.8 Å². The van der Waals surface area contributed by atoms with Crippen molar-refractivity contribution in [3.63, 3.8) is 0 Å². The first-order valence-corrected chi connectivity index (χ1v) is 12.2. The highest BCUT2D eigenvalue weighted by Crippen LogP contribution is 2.35. The summed E-state index contributed by atoms with van der Waals surface area (Å²) in [5.41, 5.74) is 2.53. The summed E-state index contributed by atoms with van der Waals surface area (Å²) in [6.07, 6.45) is 1.77. The molecule has 3 rings (SSSR count). The SMILES string of the molecule is CS(=O)(=O)NCCCc1c(C(=O)O)cc(-c2ccc(Cl)cc2)n1-c1ccc(Cl)cc1Cl. The van der Waals surface area contributed by atoms with Crippen molar-refractivity contribution < 1.29 is 18.3 Å². The first kappa shape index (κ1) is 23.6. The number of aromatic nitrogens is 1. The third-order valence-electron chi connectivity index (χ3n) is 4.58. The summed E-state index contributed by atoms with van der Waals surface area (Å²) >= 11 is 18.5. The minimum absolute atomic E-state index is 0.107.